The molecule has 184 valence electrons. The van der Waals surface area contributed by atoms with Gasteiger partial charge in [-0.3, -0.25) is 4.98 Å². The Morgan fingerprint density at radius 1 is 1.11 bits per heavy atom. The third-order valence-corrected chi connectivity index (χ3v) is 9.06. The fraction of sp³-hybridized carbons (Fsp3) is 0.435. The van der Waals surface area contributed by atoms with Crippen molar-refractivity contribution >= 4 is 10.2 Å². The molecule has 2 aromatic heterocycles. The first-order valence-electron chi connectivity index (χ1n) is 11.4. The number of hydrogen-bond acceptors (Lipinski definition) is 6. The molecule has 1 saturated carbocycles. The maximum Gasteiger partial charge on any atom is 0.402 e. The Morgan fingerprint density at radius 2 is 1.89 bits per heavy atom. The molecule has 3 atom stereocenters. The molecule has 0 unspecified atom stereocenters. The summed E-state index contributed by atoms with van der Waals surface area (Å²) in [5, 5.41) is 4.09. The summed E-state index contributed by atoms with van der Waals surface area (Å²) < 4.78 is 73.1. The summed E-state index contributed by atoms with van der Waals surface area (Å²) in [6.45, 7) is -1.64. The molecule has 2 aliphatic carbocycles. The van der Waals surface area contributed by atoms with E-state index >= 15 is 0 Å². The molecular weight excluding hydrogens is 483 g/mol. The summed E-state index contributed by atoms with van der Waals surface area (Å²) in [7, 11) is -4.21. The van der Waals surface area contributed by atoms with E-state index in [1.54, 1.807) is 18.3 Å². The molecule has 0 amide bonds. The van der Waals surface area contributed by atoms with Crippen LogP contribution in [-0.4, -0.2) is 52.7 Å². The van der Waals surface area contributed by atoms with Gasteiger partial charge in [0.1, 0.15) is 12.2 Å². The minimum atomic E-state index is -4.60. The topological polar surface area (TPSA) is 101 Å². The highest BCUT2D eigenvalue weighted by Gasteiger charge is 2.60. The van der Waals surface area contributed by atoms with Crippen LogP contribution in [0.25, 0.3) is 23.0 Å². The lowest BCUT2D eigenvalue weighted by molar-refractivity contribution is -0.136. The first-order valence-corrected chi connectivity index (χ1v) is 12.8. The first-order chi connectivity index (χ1) is 16.6. The summed E-state index contributed by atoms with van der Waals surface area (Å²) >= 11 is 0. The third-order valence-electron chi connectivity index (χ3n) is 7.48. The molecule has 1 saturated heterocycles. The summed E-state index contributed by atoms with van der Waals surface area (Å²) in [4.78, 5) is 8.68. The quantitative estimate of drug-likeness (QED) is 0.586. The van der Waals surface area contributed by atoms with E-state index < -0.39 is 28.5 Å². The first kappa shape index (κ1) is 22.6. The Balaban J connectivity index is 1.30. The monoisotopic (exact) mass is 505 g/mol. The molecule has 2 fully saturated rings. The van der Waals surface area contributed by atoms with E-state index in [0.717, 1.165) is 29.5 Å². The van der Waals surface area contributed by atoms with Crippen molar-refractivity contribution in [3.8, 4) is 23.0 Å². The van der Waals surface area contributed by atoms with Crippen molar-refractivity contribution in [2.24, 2.45) is 11.8 Å². The molecule has 35 heavy (non-hydrogen) atoms. The fourth-order valence-corrected chi connectivity index (χ4v) is 7.62. The molecule has 3 aliphatic rings. The van der Waals surface area contributed by atoms with Gasteiger partial charge in [-0.25, -0.2) is 0 Å². The lowest BCUT2D eigenvalue weighted by Gasteiger charge is -2.33. The lowest BCUT2D eigenvalue weighted by Crippen LogP contribution is -2.52. The van der Waals surface area contributed by atoms with Gasteiger partial charge in [0, 0.05) is 18.3 Å². The van der Waals surface area contributed by atoms with Crippen LogP contribution in [0.15, 0.2) is 47.1 Å². The second-order valence-electron chi connectivity index (χ2n) is 9.53. The van der Waals surface area contributed by atoms with Gasteiger partial charge in [0.2, 0.25) is 5.82 Å². The number of benzene rings is 1. The van der Waals surface area contributed by atoms with Gasteiger partial charge in [-0.1, -0.05) is 23.4 Å². The van der Waals surface area contributed by atoms with Crippen molar-refractivity contribution in [3.63, 3.8) is 0 Å². The predicted octanol–water partition coefficient (Wildman–Crippen LogP) is 3.37. The number of fused-ring (bicyclic) bond motifs is 1. The summed E-state index contributed by atoms with van der Waals surface area (Å²) in [6, 6.07) is 11.2. The molecule has 1 aliphatic heterocycles. The zero-order valence-electron chi connectivity index (χ0n) is 18.5. The van der Waals surface area contributed by atoms with Crippen molar-refractivity contribution in [1.82, 2.24) is 24.2 Å². The summed E-state index contributed by atoms with van der Waals surface area (Å²) in [5.74, 6) is 0.536. The molecule has 8 nitrogen and oxygen atoms in total. The number of nitrogens with one attached hydrogen (secondary N) is 1. The predicted molar refractivity (Wildman–Crippen MR) is 119 cm³/mol. The highest BCUT2D eigenvalue weighted by Crippen LogP contribution is 2.50. The van der Waals surface area contributed by atoms with E-state index in [1.807, 2.05) is 24.3 Å². The number of halogens is 3. The maximum atomic E-state index is 13.1. The van der Waals surface area contributed by atoms with Crippen LogP contribution >= 0.6 is 0 Å². The van der Waals surface area contributed by atoms with Gasteiger partial charge in [0.25, 0.3) is 16.1 Å². The van der Waals surface area contributed by atoms with Crippen LogP contribution < -0.4 is 4.72 Å². The molecule has 12 heteroatoms. The van der Waals surface area contributed by atoms with Crippen molar-refractivity contribution in [2.45, 2.75) is 37.4 Å². The molecule has 1 spiro atoms. The number of aromatic nitrogens is 3. The van der Waals surface area contributed by atoms with Crippen molar-refractivity contribution < 1.29 is 26.1 Å². The minimum Gasteiger partial charge on any atom is -0.332 e. The number of nitrogens with zero attached hydrogens (tertiary/aromatic N) is 4. The number of rotatable bonds is 3. The van der Waals surface area contributed by atoms with E-state index in [0.29, 0.717) is 34.6 Å². The van der Waals surface area contributed by atoms with Crippen LogP contribution in [-0.2, 0) is 23.1 Å². The number of alkyl halides is 3. The van der Waals surface area contributed by atoms with Crippen LogP contribution in [0, 0.1) is 11.8 Å². The second-order valence-corrected chi connectivity index (χ2v) is 11.2. The molecule has 3 heterocycles. The smallest absolute Gasteiger partial charge is 0.332 e. The van der Waals surface area contributed by atoms with Crippen molar-refractivity contribution in [3.05, 3.63) is 53.7 Å². The van der Waals surface area contributed by atoms with E-state index in [1.165, 1.54) is 0 Å². The molecule has 2 bridgehead atoms. The normalized spacial score (nSPS) is 27.7. The third kappa shape index (κ3) is 3.93. The van der Waals surface area contributed by atoms with Gasteiger partial charge >= 0.3 is 6.18 Å². The molecule has 6 rings (SSSR count). The molecular formula is C23H22F3N5O3S. The highest BCUT2D eigenvalue weighted by molar-refractivity contribution is 7.87. The van der Waals surface area contributed by atoms with Crippen molar-refractivity contribution in [2.75, 3.05) is 13.1 Å². The number of hydrogen-bond donors (Lipinski definition) is 1. The summed E-state index contributed by atoms with van der Waals surface area (Å²) in [6.07, 6.45) is -0.275. The van der Waals surface area contributed by atoms with Gasteiger partial charge in [-0.05, 0) is 66.8 Å². The lowest BCUT2D eigenvalue weighted by atomic mass is 9.79. The molecule has 1 N–H and O–H groups in total. The fourth-order valence-electron chi connectivity index (χ4n) is 5.92. The zero-order chi connectivity index (χ0) is 24.4. The Labute approximate surface area is 199 Å². The van der Waals surface area contributed by atoms with Crippen LogP contribution in [0.2, 0.25) is 0 Å². The molecule has 3 aromatic rings. The van der Waals surface area contributed by atoms with Crippen LogP contribution in [0.4, 0.5) is 13.2 Å². The SMILES string of the molecule is O=S1(=O)N[C@]2(CN1CC(F)(F)F)[C@@H]1CC[C@H]2Cc2cc(-c3noc(-c4ccccn4)n3)ccc2C1. The van der Waals surface area contributed by atoms with E-state index in [9.17, 15) is 21.6 Å². The van der Waals surface area contributed by atoms with Gasteiger partial charge in [0.05, 0.1) is 5.54 Å². The molecule has 0 radical (unpaired) electrons. The Bertz CT molecular complexity index is 1380. The number of pyridine rings is 1. The maximum absolute atomic E-state index is 13.1. The van der Waals surface area contributed by atoms with E-state index in [4.69, 9.17) is 4.52 Å². The van der Waals surface area contributed by atoms with E-state index in [-0.39, 0.29) is 18.4 Å². The Kier molecular flexibility index (Phi) is 5.07. The largest absolute Gasteiger partial charge is 0.402 e. The zero-order valence-corrected chi connectivity index (χ0v) is 19.3. The second kappa shape index (κ2) is 7.84. The average molecular weight is 506 g/mol. The molecule has 1 aromatic carbocycles. The van der Waals surface area contributed by atoms with Gasteiger partial charge in [-0.15, -0.1) is 0 Å². The minimum absolute atomic E-state index is 0.0754. The van der Waals surface area contributed by atoms with Gasteiger partial charge < -0.3 is 4.52 Å². The van der Waals surface area contributed by atoms with Crippen molar-refractivity contribution in [1.29, 1.82) is 0 Å². The van der Waals surface area contributed by atoms with Gasteiger partial charge in [-0.2, -0.15) is 35.6 Å². The Hall–Kier alpha value is -2.83. The summed E-state index contributed by atoms with van der Waals surface area (Å²) in [5.41, 5.74) is 2.53. The van der Waals surface area contributed by atoms with Gasteiger partial charge in [0.15, 0.2) is 0 Å². The van der Waals surface area contributed by atoms with Crippen LogP contribution in [0.3, 0.4) is 0 Å². The van der Waals surface area contributed by atoms with Crippen LogP contribution in [0.1, 0.15) is 24.0 Å². The highest BCUT2D eigenvalue weighted by atomic mass is 32.2. The Morgan fingerprint density at radius 3 is 2.60 bits per heavy atom. The van der Waals surface area contributed by atoms with E-state index in [2.05, 4.69) is 19.8 Å². The average Bonchev–Trinajstić information content (AvgIpc) is 3.43. The standard InChI is InChI=1S/C23H22F3N5O3S/c24-23(25,26)13-31-12-22(30-35(31,32)33)17-6-7-18(22)11-16-9-15(5-4-14(16)10-17)20-28-21(34-29-20)19-3-1-2-8-27-19/h1-5,8-9,17-18,30H,6-7,10-13H2/t17-,18+,22-/m1/s1. The van der Waals surface area contributed by atoms with Crippen LogP contribution in [0.5, 0.6) is 0 Å².